The number of aliphatic hydroxyl groups is 1. The highest BCUT2D eigenvalue weighted by atomic mass is 16.5. The second-order valence-corrected chi connectivity index (χ2v) is 4.92. The molecule has 0 aromatic heterocycles. The van der Waals surface area contributed by atoms with Gasteiger partial charge in [-0.3, -0.25) is 0 Å². The van der Waals surface area contributed by atoms with E-state index in [1.54, 1.807) is 0 Å². The summed E-state index contributed by atoms with van der Waals surface area (Å²) in [5.41, 5.74) is 1.31. The SMILES string of the molecule is CCc1ccc(OCC(O)C2CCCC2)cc1. The van der Waals surface area contributed by atoms with Crippen LogP contribution in [0, 0.1) is 5.92 Å². The first-order chi connectivity index (χ1) is 8.29. The first-order valence-electron chi connectivity index (χ1n) is 6.69. The molecule has 1 saturated carbocycles. The molecule has 1 aliphatic rings. The van der Waals surface area contributed by atoms with Gasteiger partial charge in [0.15, 0.2) is 0 Å². The second-order valence-electron chi connectivity index (χ2n) is 4.92. The molecule has 0 aliphatic heterocycles. The van der Waals surface area contributed by atoms with Gasteiger partial charge in [0, 0.05) is 0 Å². The number of hydrogen-bond donors (Lipinski definition) is 1. The molecular weight excluding hydrogens is 212 g/mol. The summed E-state index contributed by atoms with van der Waals surface area (Å²) in [5, 5.41) is 9.99. The highest BCUT2D eigenvalue weighted by Crippen LogP contribution is 2.28. The molecule has 0 radical (unpaired) electrons. The Kier molecular flexibility index (Phi) is 4.43. The van der Waals surface area contributed by atoms with E-state index in [1.165, 1.54) is 18.4 Å². The van der Waals surface area contributed by atoms with Gasteiger partial charge in [-0.25, -0.2) is 0 Å². The molecule has 0 bridgehead atoms. The molecule has 1 atom stereocenters. The topological polar surface area (TPSA) is 29.5 Å². The van der Waals surface area contributed by atoms with Crippen LogP contribution < -0.4 is 4.74 Å². The summed E-state index contributed by atoms with van der Waals surface area (Å²) in [6.45, 7) is 2.57. The van der Waals surface area contributed by atoms with Crippen LogP contribution in [0.4, 0.5) is 0 Å². The molecule has 1 unspecified atom stereocenters. The van der Waals surface area contributed by atoms with Crippen LogP contribution in [-0.4, -0.2) is 17.8 Å². The fourth-order valence-electron chi connectivity index (χ4n) is 2.48. The van der Waals surface area contributed by atoms with E-state index < -0.39 is 0 Å². The van der Waals surface area contributed by atoms with Gasteiger partial charge >= 0.3 is 0 Å². The van der Waals surface area contributed by atoms with Crippen molar-refractivity contribution in [3.05, 3.63) is 29.8 Å². The van der Waals surface area contributed by atoms with Crippen molar-refractivity contribution in [2.24, 2.45) is 5.92 Å². The van der Waals surface area contributed by atoms with Crippen LogP contribution >= 0.6 is 0 Å². The fraction of sp³-hybridized carbons (Fsp3) is 0.600. The highest BCUT2D eigenvalue weighted by molar-refractivity contribution is 5.27. The zero-order valence-corrected chi connectivity index (χ0v) is 10.6. The Balaban J connectivity index is 1.80. The van der Waals surface area contributed by atoms with E-state index in [9.17, 15) is 5.11 Å². The van der Waals surface area contributed by atoms with E-state index >= 15 is 0 Å². The van der Waals surface area contributed by atoms with Gasteiger partial charge in [0.25, 0.3) is 0 Å². The Morgan fingerprint density at radius 1 is 1.24 bits per heavy atom. The van der Waals surface area contributed by atoms with Gasteiger partial charge in [-0.2, -0.15) is 0 Å². The van der Waals surface area contributed by atoms with Gasteiger partial charge < -0.3 is 9.84 Å². The third-order valence-electron chi connectivity index (χ3n) is 3.70. The predicted molar refractivity (Wildman–Crippen MR) is 69.3 cm³/mol. The summed E-state index contributed by atoms with van der Waals surface area (Å²) in [7, 11) is 0. The maximum absolute atomic E-state index is 9.99. The summed E-state index contributed by atoms with van der Waals surface area (Å²) < 4.78 is 5.63. The summed E-state index contributed by atoms with van der Waals surface area (Å²) in [4.78, 5) is 0. The molecule has 17 heavy (non-hydrogen) atoms. The van der Waals surface area contributed by atoms with Crippen LogP contribution in [0.1, 0.15) is 38.2 Å². The highest BCUT2D eigenvalue weighted by Gasteiger charge is 2.23. The van der Waals surface area contributed by atoms with Crippen LogP contribution in [0.25, 0.3) is 0 Å². The molecule has 1 aliphatic carbocycles. The maximum atomic E-state index is 9.99. The average Bonchev–Trinajstić information content (AvgIpc) is 2.90. The molecule has 0 amide bonds. The van der Waals surface area contributed by atoms with Crippen LogP contribution in [0.5, 0.6) is 5.75 Å². The Morgan fingerprint density at radius 2 is 1.88 bits per heavy atom. The van der Waals surface area contributed by atoms with Crippen LogP contribution in [0.15, 0.2) is 24.3 Å². The van der Waals surface area contributed by atoms with E-state index in [-0.39, 0.29) is 6.10 Å². The molecule has 1 aromatic rings. The van der Waals surface area contributed by atoms with Gasteiger partial charge in [0.2, 0.25) is 0 Å². The lowest BCUT2D eigenvalue weighted by Gasteiger charge is -2.18. The monoisotopic (exact) mass is 234 g/mol. The van der Waals surface area contributed by atoms with Gasteiger partial charge in [-0.05, 0) is 42.9 Å². The summed E-state index contributed by atoms with van der Waals surface area (Å²) in [6, 6.07) is 8.13. The fourth-order valence-corrected chi connectivity index (χ4v) is 2.48. The molecule has 1 aromatic carbocycles. The first kappa shape index (κ1) is 12.4. The Labute approximate surface area is 104 Å². The number of ether oxygens (including phenoxy) is 1. The second kappa shape index (κ2) is 6.06. The molecule has 0 spiro atoms. The number of aliphatic hydroxyl groups excluding tert-OH is 1. The van der Waals surface area contributed by atoms with Crippen molar-refractivity contribution in [3.63, 3.8) is 0 Å². The Bertz CT molecular complexity index is 325. The lowest BCUT2D eigenvalue weighted by molar-refractivity contribution is 0.0593. The zero-order chi connectivity index (χ0) is 12.1. The third kappa shape index (κ3) is 3.47. The molecule has 1 N–H and O–H groups in total. The van der Waals surface area contributed by atoms with E-state index in [1.807, 2.05) is 12.1 Å². The zero-order valence-electron chi connectivity index (χ0n) is 10.6. The van der Waals surface area contributed by atoms with Crippen molar-refractivity contribution in [3.8, 4) is 5.75 Å². The van der Waals surface area contributed by atoms with Gasteiger partial charge in [-0.15, -0.1) is 0 Å². The minimum Gasteiger partial charge on any atom is -0.491 e. The van der Waals surface area contributed by atoms with Crippen molar-refractivity contribution in [1.29, 1.82) is 0 Å². The quantitative estimate of drug-likeness (QED) is 0.848. The molecule has 0 heterocycles. The largest absolute Gasteiger partial charge is 0.491 e. The van der Waals surface area contributed by atoms with Crippen LogP contribution in [0.3, 0.4) is 0 Å². The molecule has 0 saturated heterocycles. The van der Waals surface area contributed by atoms with E-state index in [4.69, 9.17) is 4.74 Å². The van der Waals surface area contributed by atoms with Crippen molar-refractivity contribution in [2.75, 3.05) is 6.61 Å². The van der Waals surface area contributed by atoms with Gasteiger partial charge in [0.05, 0.1) is 6.10 Å². The molecule has 2 heteroatoms. The van der Waals surface area contributed by atoms with Crippen molar-refractivity contribution in [2.45, 2.75) is 45.1 Å². The average molecular weight is 234 g/mol. The van der Waals surface area contributed by atoms with Crippen molar-refractivity contribution < 1.29 is 9.84 Å². The molecule has 94 valence electrons. The van der Waals surface area contributed by atoms with Gasteiger partial charge in [-0.1, -0.05) is 31.9 Å². The van der Waals surface area contributed by atoms with Crippen molar-refractivity contribution >= 4 is 0 Å². The molecule has 2 rings (SSSR count). The first-order valence-corrected chi connectivity index (χ1v) is 6.69. The van der Waals surface area contributed by atoms with Gasteiger partial charge in [0.1, 0.15) is 12.4 Å². The van der Waals surface area contributed by atoms with Crippen molar-refractivity contribution in [1.82, 2.24) is 0 Å². The van der Waals surface area contributed by atoms with E-state index in [0.717, 1.165) is 25.0 Å². The Hall–Kier alpha value is -1.02. The number of benzene rings is 1. The van der Waals surface area contributed by atoms with Crippen LogP contribution in [-0.2, 0) is 6.42 Å². The molecule has 1 fully saturated rings. The smallest absolute Gasteiger partial charge is 0.119 e. The predicted octanol–water partition coefficient (Wildman–Crippen LogP) is 3.18. The van der Waals surface area contributed by atoms with E-state index in [0.29, 0.717) is 12.5 Å². The van der Waals surface area contributed by atoms with Crippen LogP contribution in [0.2, 0.25) is 0 Å². The maximum Gasteiger partial charge on any atom is 0.119 e. The summed E-state index contributed by atoms with van der Waals surface area (Å²) in [6.07, 6.45) is 5.56. The lowest BCUT2D eigenvalue weighted by Crippen LogP contribution is -2.25. The minimum atomic E-state index is -0.302. The number of rotatable bonds is 5. The Morgan fingerprint density at radius 3 is 2.47 bits per heavy atom. The standard InChI is InChI=1S/C15H22O2/c1-2-12-7-9-14(10-8-12)17-11-15(16)13-5-3-4-6-13/h7-10,13,15-16H,2-6,11H2,1H3. The number of aryl methyl sites for hydroxylation is 1. The lowest BCUT2D eigenvalue weighted by atomic mass is 10.0. The number of hydrogen-bond acceptors (Lipinski definition) is 2. The molecule has 2 nitrogen and oxygen atoms in total. The minimum absolute atomic E-state index is 0.302. The summed E-state index contributed by atoms with van der Waals surface area (Å²) in [5.74, 6) is 1.31. The molecular formula is C15H22O2. The summed E-state index contributed by atoms with van der Waals surface area (Å²) >= 11 is 0. The normalized spacial score (nSPS) is 18.2. The third-order valence-corrected chi connectivity index (χ3v) is 3.70. The van der Waals surface area contributed by atoms with E-state index in [2.05, 4.69) is 19.1 Å².